The summed E-state index contributed by atoms with van der Waals surface area (Å²) in [5.41, 5.74) is 0.549. The minimum Gasteiger partial charge on any atom is -0.341 e. The molecule has 1 aliphatic rings. The first-order valence-electron chi connectivity index (χ1n) is 7.50. The molecule has 3 N–H and O–H groups in total. The fourth-order valence-electron chi connectivity index (χ4n) is 2.45. The minimum absolute atomic E-state index is 0.102. The highest BCUT2D eigenvalue weighted by Gasteiger charge is 2.48. The van der Waals surface area contributed by atoms with Crippen LogP contribution in [0.25, 0.3) is 0 Å². The zero-order chi connectivity index (χ0) is 17.9. The van der Waals surface area contributed by atoms with Crippen molar-refractivity contribution >= 4 is 23.9 Å². The molecule has 1 fully saturated rings. The number of amides is 6. The highest BCUT2D eigenvalue weighted by Crippen LogP contribution is 2.29. The van der Waals surface area contributed by atoms with Crippen LogP contribution in [0.1, 0.15) is 24.5 Å². The first kappa shape index (κ1) is 17.5. The number of carbonyl (C=O) groups excluding carboxylic acids is 4. The molecule has 0 aromatic heterocycles. The zero-order valence-electron chi connectivity index (χ0n) is 13.8. The summed E-state index contributed by atoms with van der Waals surface area (Å²) >= 11 is 0. The van der Waals surface area contributed by atoms with Crippen LogP contribution in [-0.4, -0.2) is 42.4 Å². The summed E-state index contributed by atoms with van der Waals surface area (Å²) in [5.74, 6) is -0.997. The molecule has 128 valence electrons. The largest absolute Gasteiger partial charge is 0.341 e. The van der Waals surface area contributed by atoms with E-state index in [4.69, 9.17) is 0 Å². The van der Waals surface area contributed by atoms with Crippen LogP contribution >= 0.6 is 0 Å². The Bertz CT molecular complexity index is 686. The van der Waals surface area contributed by atoms with Gasteiger partial charge in [0.15, 0.2) is 0 Å². The minimum atomic E-state index is -1.16. The number of hydrogen-bond donors (Lipinski definition) is 3. The van der Waals surface area contributed by atoms with Gasteiger partial charge in [-0.2, -0.15) is 0 Å². The molecular formula is C16H20N4O4. The van der Waals surface area contributed by atoms with E-state index in [2.05, 4.69) is 16.0 Å². The molecule has 6 amide bonds. The third-order valence-corrected chi connectivity index (χ3v) is 3.95. The van der Waals surface area contributed by atoms with E-state index in [9.17, 15) is 19.2 Å². The first-order chi connectivity index (χ1) is 11.3. The number of rotatable bonds is 4. The summed E-state index contributed by atoms with van der Waals surface area (Å²) < 4.78 is 0. The van der Waals surface area contributed by atoms with Crippen molar-refractivity contribution in [3.63, 3.8) is 0 Å². The van der Waals surface area contributed by atoms with Gasteiger partial charge in [-0.1, -0.05) is 29.8 Å². The normalized spacial score (nSPS) is 19.9. The summed E-state index contributed by atoms with van der Waals surface area (Å²) in [7, 11) is 1.38. The number of nitrogens with zero attached hydrogens (tertiary/aromatic N) is 1. The predicted molar refractivity (Wildman–Crippen MR) is 86.0 cm³/mol. The number of nitrogens with one attached hydrogen (secondary N) is 3. The molecule has 0 saturated carbocycles. The molecule has 0 radical (unpaired) electrons. The van der Waals surface area contributed by atoms with Gasteiger partial charge in [0, 0.05) is 20.0 Å². The quantitative estimate of drug-likeness (QED) is 0.702. The van der Waals surface area contributed by atoms with Gasteiger partial charge in [0.1, 0.15) is 5.54 Å². The molecule has 1 heterocycles. The lowest BCUT2D eigenvalue weighted by Crippen LogP contribution is -2.42. The monoisotopic (exact) mass is 332 g/mol. The Balaban J connectivity index is 2.07. The summed E-state index contributed by atoms with van der Waals surface area (Å²) in [5, 5.41) is 7.00. The third kappa shape index (κ3) is 3.37. The Hall–Kier alpha value is -2.90. The van der Waals surface area contributed by atoms with Crippen LogP contribution in [0, 0.1) is 6.92 Å². The van der Waals surface area contributed by atoms with Crippen LogP contribution in [0.3, 0.4) is 0 Å². The van der Waals surface area contributed by atoms with E-state index in [1.54, 1.807) is 19.1 Å². The summed E-state index contributed by atoms with van der Waals surface area (Å²) in [6, 6.07) is 6.10. The maximum Gasteiger partial charge on any atom is 0.325 e. The number of aryl methyl sites for hydroxylation is 1. The number of imide groups is 2. The Morgan fingerprint density at radius 3 is 2.42 bits per heavy atom. The second-order valence-corrected chi connectivity index (χ2v) is 5.76. The fraction of sp³-hybridized carbons (Fsp3) is 0.375. The summed E-state index contributed by atoms with van der Waals surface area (Å²) in [6.45, 7) is 3.45. The Labute approximate surface area is 139 Å². The molecule has 8 heteroatoms. The number of benzene rings is 1. The summed E-state index contributed by atoms with van der Waals surface area (Å²) in [4.78, 5) is 48.4. The van der Waals surface area contributed by atoms with Crippen LogP contribution in [0.4, 0.5) is 9.59 Å². The van der Waals surface area contributed by atoms with Crippen molar-refractivity contribution in [3.8, 4) is 0 Å². The molecule has 8 nitrogen and oxygen atoms in total. The fourth-order valence-corrected chi connectivity index (χ4v) is 2.45. The lowest BCUT2D eigenvalue weighted by Gasteiger charge is -2.22. The molecule has 2 rings (SSSR count). The van der Waals surface area contributed by atoms with Crippen LogP contribution < -0.4 is 16.0 Å². The van der Waals surface area contributed by atoms with Gasteiger partial charge in [-0.05, 0) is 19.4 Å². The molecule has 1 aliphatic heterocycles. The van der Waals surface area contributed by atoms with E-state index in [1.807, 2.05) is 19.1 Å². The van der Waals surface area contributed by atoms with Gasteiger partial charge in [-0.25, -0.2) is 9.59 Å². The van der Waals surface area contributed by atoms with Crippen LogP contribution in [0.15, 0.2) is 24.3 Å². The maximum atomic E-state index is 12.6. The van der Waals surface area contributed by atoms with Gasteiger partial charge < -0.3 is 10.6 Å². The Kier molecular flexibility index (Phi) is 4.87. The van der Waals surface area contributed by atoms with Gasteiger partial charge in [-0.3, -0.25) is 19.8 Å². The topological polar surface area (TPSA) is 108 Å². The average molecular weight is 332 g/mol. The SMILES string of the molecule is CNC(=O)NC(=O)CCN1C(=O)N[C@](C)(c2ccc(C)cc2)C1=O. The Morgan fingerprint density at radius 1 is 1.21 bits per heavy atom. The van der Waals surface area contributed by atoms with Crippen molar-refractivity contribution in [2.24, 2.45) is 0 Å². The molecule has 0 unspecified atom stereocenters. The molecule has 1 aromatic carbocycles. The second-order valence-electron chi connectivity index (χ2n) is 5.76. The second kappa shape index (κ2) is 6.69. The van der Waals surface area contributed by atoms with Crippen LogP contribution in [0.5, 0.6) is 0 Å². The summed E-state index contributed by atoms with van der Waals surface area (Å²) in [6.07, 6.45) is -0.156. The Morgan fingerprint density at radius 2 is 1.83 bits per heavy atom. The lowest BCUT2D eigenvalue weighted by atomic mass is 9.91. The van der Waals surface area contributed by atoms with Crippen molar-refractivity contribution in [1.29, 1.82) is 0 Å². The average Bonchev–Trinajstić information content (AvgIpc) is 2.76. The van der Waals surface area contributed by atoms with Gasteiger partial charge in [-0.15, -0.1) is 0 Å². The highest BCUT2D eigenvalue weighted by atomic mass is 16.2. The van der Waals surface area contributed by atoms with Gasteiger partial charge in [0.05, 0.1) is 0 Å². The molecule has 0 spiro atoms. The van der Waals surface area contributed by atoms with Crippen LogP contribution in [0.2, 0.25) is 0 Å². The molecular weight excluding hydrogens is 312 g/mol. The van der Waals surface area contributed by atoms with Crippen molar-refractivity contribution < 1.29 is 19.2 Å². The van der Waals surface area contributed by atoms with E-state index < -0.39 is 29.4 Å². The van der Waals surface area contributed by atoms with Gasteiger partial charge in [0.2, 0.25) is 5.91 Å². The first-order valence-corrected chi connectivity index (χ1v) is 7.50. The van der Waals surface area contributed by atoms with E-state index >= 15 is 0 Å². The maximum absolute atomic E-state index is 12.6. The number of hydrogen-bond acceptors (Lipinski definition) is 4. The molecule has 1 aromatic rings. The van der Waals surface area contributed by atoms with E-state index in [0.717, 1.165) is 10.5 Å². The molecule has 24 heavy (non-hydrogen) atoms. The number of urea groups is 2. The van der Waals surface area contributed by atoms with E-state index in [0.29, 0.717) is 5.56 Å². The van der Waals surface area contributed by atoms with Gasteiger partial charge >= 0.3 is 12.1 Å². The number of carbonyl (C=O) groups is 4. The standard InChI is InChI=1S/C16H20N4O4/c1-10-4-6-11(7-5-10)16(2)13(22)20(15(24)19-16)9-8-12(21)18-14(23)17-3/h4-7H,8-9H2,1-3H3,(H,19,24)(H2,17,18,21,23)/t16-/m1/s1. The predicted octanol–water partition coefficient (Wildman–Crippen LogP) is 0.608. The van der Waals surface area contributed by atoms with Gasteiger partial charge in [0.25, 0.3) is 5.91 Å². The van der Waals surface area contributed by atoms with E-state index in [-0.39, 0.29) is 13.0 Å². The molecule has 1 atom stereocenters. The highest BCUT2D eigenvalue weighted by molar-refractivity contribution is 6.07. The van der Waals surface area contributed by atoms with Crippen molar-refractivity contribution in [2.75, 3.05) is 13.6 Å². The van der Waals surface area contributed by atoms with Crippen molar-refractivity contribution in [1.82, 2.24) is 20.9 Å². The smallest absolute Gasteiger partial charge is 0.325 e. The zero-order valence-corrected chi connectivity index (χ0v) is 13.8. The van der Waals surface area contributed by atoms with Crippen LogP contribution in [-0.2, 0) is 15.1 Å². The molecule has 1 saturated heterocycles. The van der Waals surface area contributed by atoms with E-state index in [1.165, 1.54) is 7.05 Å². The van der Waals surface area contributed by atoms with Crippen molar-refractivity contribution in [2.45, 2.75) is 25.8 Å². The third-order valence-electron chi connectivity index (χ3n) is 3.95. The lowest BCUT2D eigenvalue weighted by molar-refractivity contribution is -0.131. The van der Waals surface area contributed by atoms with Crippen molar-refractivity contribution in [3.05, 3.63) is 35.4 Å². The molecule has 0 bridgehead atoms. The molecule has 0 aliphatic carbocycles.